The zero-order valence-corrected chi connectivity index (χ0v) is 20.5. The topological polar surface area (TPSA) is 156 Å². The standard InChI is InChI=1S/C27H23FN6O4/c1-15(30)14-31-26(35)17-5-3-4-16(10-17)20-12-22(19-7-6-18(28)11-24(19)37-2)33-25(21(20)13-29)34-27(36)23-8-9-32-38-23/h3-12,15H,14,30H2,1-2H3,(H,31,35)(H,33,34,36)/t15-/m0/s1. The Balaban J connectivity index is 1.88. The molecule has 2 amide bonds. The van der Waals surface area contributed by atoms with Gasteiger partial charge in [-0.2, -0.15) is 5.26 Å². The van der Waals surface area contributed by atoms with Crippen LogP contribution >= 0.6 is 0 Å². The molecule has 38 heavy (non-hydrogen) atoms. The largest absolute Gasteiger partial charge is 0.496 e. The van der Waals surface area contributed by atoms with Gasteiger partial charge in [0.15, 0.2) is 5.82 Å². The third-order valence-electron chi connectivity index (χ3n) is 5.48. The van der Waals surface area contributed by atoms with E-state index in [1.54, 1.807) is 37.3 Å². The zero-order valence-electron chi connectivity index (χ0n) is 20.5. The molecule has 0 saturated carbocycles. The summed E-state index contributed by atoms with van der Waals surface area (Å²) in [6, 6.07) is 15.4. The third kappa shape index (κ3) is 5.66. The van der Waals surface area contributed by atoms with Crippen molar-refractivity contribution < 1.29 is 23.2 Å². The molecule has 0 unspecified atom stereocenters. The Morgan fingerprint density at radius 1 is 1.16 bits per heavy atom. The molecule has 4 aromatic rings. The fraction of sp³-hybridized carbons (Fsp3) is 0.148. The molecule has 0 aliphatic carbocycles. The summed E-state index contributed by atoms with van der Waals surface area (Å²) in [6.45, 7) is 2.06. The lowest BCUT2D eigenvalue weighted by Gasteiger charge is -2.15. The molecular formula is C27H23FN6O4. The third-order valence-corrected chi connectivity index (χ3v) is 5.48. The molecule has 0 aliphatic rings. The van der Waals surface area contributed by atoms with Crippen molar-refractivity contribution in [2.24, 2.45) is 5.73 Å². The number of halogens is 1. The Labute approximate surface area is 217 Å². The van der Waals surface area contributed by atoms with Crippen LogP contribution in [0.5, 0.6) is 5.75 Å². The van der Waals surface area contributed by atoms with Gasteiger partial charge < -0.3 is 25.6 Å². The summed E-state index contributed by atoms with van der Waals surface area (Å²) < 4.78 is 24.1. The van der Waals surface area contributed by atoms with Crippen LogP contribution < -0.4 is 21.1 Å². The van der Waals surface area contributed by atoms with Crippen molar-refractivity contribution in [3.05, 3.63) is 83.5 Å². The average molecular weight is 515 g/mol. The lowest BCUT2D eigenvalue weighted by atomic mass is 9.96. The summed E-state index contributed by atoms with van der Waals surface area (Å²) in [5, 5.41) is 18.9. The number of nitrogens with two attached hydrogens (primary N) is 1. The smallest absolute Gasteiger partial charge is 0.295 e. The highest BCUT2D eigenvalue weighted by Gasteiger charge is 2.21. The van der Waals surface area contributed by atoms with E-state index in [9.17, 15) is 19.2 Å². The number of hydrogen-bond donors (Lipinski definition) is 3. The molecule has 4 rings (SSSR count). The summed E-state index contributed by atoms with van der Waals surface area (Å²) in [5.41, 5.74) is 7.71. The average Bonchev–Trinajstić information content (AvgIpc) is 3.46. The summed E-state index contributed by atoms with van der Waals surface area (Å²) in [6.07, 6.45) is 1.31. The van der Waals surface area contributed by atoms with Gasteiger partial charge in [-0.1, -0.05) is 17.3 Å². The Morgan fingerprint density at radius 3 is 2.66 bits per heavy atom. The molecule has 0 spiro atoms. The summed E-state index contributed by atoms with van der Waals surface area (Å²) in [7, 11) is 1.39. The van der Waals surface area contributed by atoms with E-state index in [1.165, 1.54) is 37.6 Å². The van der Waals surface area contributed by atoms with Crippen LogP contribution in [0.15, 0.2) is 65.3 Å². The van der Waals surface area contributed by atoms with Crippen molar-refractivity contribution >= 4 is 17.6 Å². The molecule has 2 aromatic carbocycles. The van der Waals surface area contributed by atoms with Gasteiger partial charge in [0.25, 0.3) is 11.8 Å². The number of nitriles is 1. The van der Waals surface area contributed by atoms with Gasteiger partial charge >= 0.3 is 0 Å². The van der Waals surface area contributed by atoms with E-state index in [-0.39, 0.29) is 47.1 Å². The number of anilines is 1. The van der Waals surface area contributed by atoms with Crippen molar-refractivity contribution in [3.63, 3.8) is 0 Å². The summed E-state index contributed by atoms with van der Waals surface area (Å²) in [4.78, 5) is 29.9. The predicted molar refractivity (Wildman–Crippen MR) is 137 cm³/mol. The number of nitrogens with one attached hydrogen (secondary N) is 2. The van der Waals surface area contributed by atoms with Gasteiger partial charge in [-0.15, -0.1) is 0 Å². The Hall–Kier alpha value is -5.08. The van der Waals surface area contributed by atoms with Crippen LogP contribution in [0.1, 0.15) is 33.4 Å². The minimum Gasteiger partial charge on any atom is -0.496 e. The first-order valence-corrected chi connectivity index (χ1v) is 11.5. The lowest BCUT2D eigenvalue weighted by molar-refractivity contribution is 0.0950. The number of benzene rings is 2. The molecule has 1 atom stereocenters. The van der Waals surface area contributed by atoms with Gasteiger partial charge in [0.2, 0.25) is 5.76 Å². The van der Waals surface area contributed by atoms with E-state index in [1.807, 2.05) is 0 Å². The van der Waals surface area contributed by atoms with Crippen molar-refractivity contribution in [3.8, 4) is 34.2 Å². The number of ether oxygens (including phenoxy) is 1. The van der Waals surface area contributed by atoms with E-state index >= 15 is 0 Å². The fourth-order valence-electron chi connectivity index (χ4n) is 3.68. The maximum absolute atomic E-state index is 13.9. The minimum atomic E-state index is -0.676. The molecule has 192 valence electrons. The number of hydrogen-bond acceptors (Lipinski definition) is 8. The molecular weight excluding hydrogens is 491 g/mol. The Bertz CT molecular complexity index is 1530. The van der Waals surface area contributed by atoms with Crippen LogP contribution in [0.25, 0.3) is 22.4 Å². The van der Waals surface area contributed by atoms with Gasteiger partial charge in [-0.3, -0.25) is 9.59 Å². The monoisotopic (exact) mass is 514 g/mol. The molecule has 2 aromatic heterocycles. The Morgan fingerprint density at radius 2 is 1.97 bits per heavy atom. The maximum atomic E-state index is 13.9. The van der Waals surface area contributed by atoms with E-state index in [4.69, 9.17) is 15.0 Å². The molecule has 0 fully saturated rings. The molecule has 0 saturated heterocycles. The van der Waals surface area contributed by atoms with Gasteiger partial charge in [-0.05, 0) is 42.8 Å². The Kier molecular flexibility index (Phi) is 7.74. The number of amides is 2. The highest BCUT2D eigenvalue weighted by molar-refractivity contribution is 6.03. The van der Waals surface area contributed by atoms with Crippen LogP contribution in [0.3, 0.4) is 0 Å². The number of pyridine rings is 1. The van der Waals surface area contributed by atoms with E-state index in [0.717, 1.165) is 0 Å². The van der Waals surface area contributed by atoms with Gasteiger partial charge in [-0.25, -0.2) is 9.37 Å². The second-order valence-corrected chi connectivity index (χ2v) is 8.33. The van der Waals surface area contributed by atoms with Crippen molar-refractivity contribution in [2.45, 2.75) is 13.0 Å². The molecule has 10 nitrogen and oxygen atoms in total. The van der Waals surface area contributed by atoms with Crippen LogP contribution in [0.2, 0.25) is 0 Å². The molecule has 0 radical (unpaired) electrons. The number of nitrogens with zero attached hydrogens (tertiary/aromatic N) is 3. The van der Waals surface area contributed by atoms with Crippen LogP contribution in [-0.4, -0.2) is 41.7 Å². The lowest BCUT2D eigenvalue weighted by Crippen LogP contribution is -2.35. The number of rotatable bonds is 8. The molecule has 0 aliphatic heterocycles. The second-order valence-electron chi connectivity index (χ2n) is 8.33. The summed E-state index contributed by atoms with van der Waals surface area (Å²) in [5.74, 6) is -1.48. The normalized spacial score (nSPS) is 11.3. The maximum Gasteiger partial charge on any atom is 0.295 e. The zero-order chi connectivity index (χ0) is 27.2. The first kappa shape index (κ1) is 26.0. The number of carbonyl (C=O) groups is 2. The van der Waals surface area contributed by atoms with Crippen molar-refractivity contribution in [1.82, 2.24) is 15.5 Å². The predicted octanol–water partition coefficient (Wildman–Crippen LogP) is 3.75. The fourth-order valence-corrected chi connectivity index (χ4v) is 3.68. The van der Waals surface area contributed by atoms with Crippen LogP contribution in [0, 0.1) is 17.1 Å². The van der Waals surface area contributed by atoms with E-state index in [2.05, 4.69) is 26.8 Å². The van der Waals surface area contributed by atoms with Crippen LogP contribution in [-0.2, 0) is 0 Å². The number of methoxy groups -OCH3 is 1. The van der Waals surface area contributed by atoms with E-state index < -0.39 is 11.7 Å². The molecule has 4 N–H and O–H groups in total. The second kappa shape index (κ2) is 11.3. The SMILES string of the molecule is COc1cc(F)ccc1-c1cc(-c2cccc(C(=O)NC[C@H](C)N)c2)c(C#N)c(NC(=O)c2ccno2)n1. The van der Waals surface area contributed by atoms with Crippen LogP contribution in [0.4, 0.5) is 10.2 Å². The molecule has 11 heteroatoms. The quantitative estimate of drug-likeness (QED) is 0.321. The minimum absolute atomic E-state index is 0.0378. The van der Waals surface area contributed by atoms with Gasteiger partial charge in [0.05, 0.1) is 19.0 Å². The highest BCUT2D eigenvalue weighted by atomic mass is 19.1. The van der Waals surface area contributed by atoms with Crippen molar-refractivity contribution in [1.29, 1.82) is 5.26 Å². The first-order chi connectivity index (χ1) is 18.3. The van der Waals surface area contributed by atoms with Crippen molar-refractivity contribution in [2.75, 3.05) is 19.0 Å². The number of aromatic nitrogens is 2. The summed E-state index contributed by atoms with van der Waals surface area (Å²) >= 11 is 0. The van der Waals surface area contributed by atoms with Gasteiger partial charge in [0.1, 0.15) is 23.2 Å². The highest BCUT2D eigenvalue weighted by Crippen LogP contribution is 2.36. The molecule has 2 heterocycles. The molecule has 0 bridgehead atoms. The van der Waals surface area contributed by atoms with E-state index in [0.29, 0.717) is 22.3 Å². The van der Waals surface area contributed by atoms with Gasteiger partial charge in [0, 0.05) is 41.4 Å². The number of carbonyl (C=O) groups excluding carboxylic acids is 2. The first-order valence-electron chi connectivity index (χ1n) is 11.5.